The normalized spacial score (nSPS) is 12.0. The van der Waals surface area contributed by atoms with Gasteiger partial charge in [0.05, 0.1) is 27.2 Å². The molecule has 0 aromatic rings. The molecule has 0 fully saturated rings. The minimum atomic E-state index is 0.743. The zero-order chi connectivity index (χ0) is 7.33. The van der Waals surface area contributed by atoms with Crippen molar-refractivity contribution in [3.63, 3.8) is 0 Å². The molecule has 56 valence electrons. The first-order chi connectivity index (χ1) is 4.12. The van der Waals surface area contributed by atoms with Crippen molar-refractivity contribution >= 4 is 0 Å². The van der Waals surface area contributed by atoms with E-state index >= 15 is 0 Å². The Bertz CT molecular complexity index is 62.7. The maximum Gasteiger partial charge on any atom is 0.0907 e. The summed E-state index contributed by atoms with van der Waals surface area (Å²) in [5.41, 5.74) is 10.8. The summed E-state index contributed by atoms with van der Waals surface area (Å²) < 4.78 is 0.938. The molecule has 4 N–H and O–H groups in total. The van der Waals surface area contributed by atoms with Gasteiger partial charge in [-0.25, -0.2) is 0 Å². The zero-order valence-corrected chi connectivity index (χ0v) is 6.43. The Morgan fingerprint density at radius 1 is 1.00 bits per heavy atom. The molecule has 0 aromatic carbocycles. The third kappa shape index (κ3) is 4.39. The van der Waals surface area contributed by atoms with Crippen molar-refractivity contribution < 1.29 is 4.48 Å². The van der Waals surface area contributed by atoms with E-state index in [0.717, 1.165) is 30.7 Å². The van der Waals surface area contributed by atoms with E-state index in [1.165, 1.54) is 0 Å². The van der Waals surface area contributed by atoms with Crippen LogP contribution < -0.4 is 11.5 Å². The molecule has 0 saturated carbocycles. The van der Waals surface area contributed by atoms with Crippen LogP contribution in [0.2, 0.25) is 0 Å². The molecule has 0 heterocycles. The molecule has 0 rings (SSSR count). The summed E-state index contributed by atoms with van der Waals surface area (Å²) in [6.07, 6.45) is 0. The molecule has 9 heavy (non-hydrogen) atoms. The average Bonchev–Trinajstić information content (AvgIpc) is 1.64. The lowest BCUT2D eigenvalue weighted by Gasteiger charge is -2.28. The maximum atomic E-state index is 5.39. The number of hydrogen-bond acceptors (Lipinski definition) is 2. The van der Waals surface area contributed by atoms with E-state index in [0.29, 0.717) is 0 Å². The molecule has 0 spiro atoms. The summed E-state index contributed by atoms with van der Waals surface area (Å²) >= 11 is 0. The van der Waals surface area contributed by atoms with E-state index in [9.17, 15) is 0 Å². The van der Waals surface area contributed by atoms with Gasteiger partial charge in [0.2, 0.25) is 0 Å². The van der Waals surface area contributed by atoms with E-state index < -0.39 is 0 Å². The van der Waals surface area contributed by atoms with Gasteiger partial charge in [-0.1, -0.05) is 0 Å². The fourth-order valence-electron chi connectivity index (χ4n) is 0.811. The molecular formula is C6H18N3+. The third-order valence-corrected chi connectivity index (χ3v) is 1.47. The van der Waals surface area contributed by atoms with Gasteiger partial charge in [-0.15, -0.1) is 0 Å². The highest BCUT2D eigenvalue weighted by atomic mass is 15.3. The van der Waals surface area contributed by atoms with Crippen LogP contribution in [0.25, 0.3) is 0 Å². The fourth-order valence-corrected chi connectivity index (χ4v) is 0.811. The Hall–Kier alpha value is -0.120. The molecule has 0 aliphatic carbocycles. The van der Waals surface area contributed by atoms with Gasteiger partial charge in [0.1, 0.15) is 0 Å². The quantitative estimate of drug-likeness (QED) is 0.481. The lowest BCUT2D eigenvalue weighted by Crippen LogP contribution is -2.46. The molecular weight excluding hydrogens is 114 g/mol. The largest absolute Gasteiger partial charge is 0.326 e. The molecule has 0 aliphatic rings. The van der Waals surface area contributed by atoms with Crippen LogP contribution in [0.5, 0.6) is 0 Å². The molecule has 0 atom stereocenters. The molecule has 0 amide bonds. The van der Waals surface area contributed by atoms with Gasteiger partial charge in [-0.2, -0.15) is 0 Å². The fraction of sp³-hybridized carbons (Fsp3) is 1.00. The first-order valence-corrected chi connectivity index (χ1v) is 3.34. The van der Waals surface area contributed by atoms with Crippen molar-refractivity contribution in [3.8, 4) is 0 Å². The van der Waals surface area contributed by atoms with Crippen molar-refractivity contribution in [2.45, 2.75) is 0 Å². The van der Waals surface area contributed by atoms with Crippen LogP contribution >= 0.6 is 0 Å². The smallest absolute Gasteiger partial charge is 0.0907 e. The van der Waals surface area contributed by atoms with Crippen molar-refractivity contribution in [3.05, 3.63) is 0 Å². The second-order valence-electron chi connectivity index (χ2n) is 2.96. The summed E-state index contributed by atoms with van der Waals surface area (Å²) in [7, 11) is 4.28. The summed E-state index contributed by atoms with van der Waals surface area (Å²) in [4.78, 5) is 0. The van der Waals surface area contributed by atoms with Gasteiger partial charge >= 0.3 is 0 Å². The maximum absolute atomic E-state index is 5.39. The summed E-state index contributed by atoms with van der Waals surface area (Å²) in [5.74, 6) is 0. The number of quaternary nitrogens is 1. The van der Waals surface area contributed by atoms with Gasteiger partial charge in [0.25, 0.3) is 0 Å². The standard InChI is InChI=1S/C6H18N3/c1-9(2,5-3-7)6-4-8/h3-8H2,1-2H3/q+1. The van der Waals surface area contributed by atoms with Gasteiger partial charge in [-0.3, -0.25) is 0 Å². The number of hydrogen-bond donors (Lipinski definition) is 2. The molecule has 3 nitrogen and oxygen atoms in total. The monoisotopic (exact) mass is 132 g/mol. The lowest BCUT2D eigenvalue weighted by molar-refractivity contribution is -0.887. The summed E-state index contributed by atoms with van der Waals surface area (Å²) in [6, 6.07) is 0. The van der Waals surface area contributed by atoms with E-state index in [2.05, 4.69) is 14.1 Å². The molecule has 0 aliphatic heterocycles. The summed E-state index contributed by atoms with van der Waals surface area (Å²) in [6.45, 7) is 3.51. The Kier molecular flexibility index (Phi) is 3.77. The van der Waals surface area contributed by atoms with E-state index in [1.807, 2.05) is 0 Å². The number of rotatable bonds is 4. The highest BCUT2D eigenvalue weighted by Crippen LogP contribution is 1.91. The van der Waals surface area contributed by atoms with Crippen molar-refractivity contribution in [2.24, 2.45) is 11.5 Å². The number of nitrogens with two attached hydrogens (primary N) is 2. The van der Waals surface area contributed by atoms with Crippen molar-refractivity contribution in [1.29, 1.82) is 0 Å². The lowest BCUT2D eigenvalue weighted by atomic mass is 10.4. The van der Waals surface area contributed by atoms with E-state index in [-0.39, 0.29) is 0 Å². The van der Waals surface area contributed by atoms with E-state index in [4.69, 9.17) is 11.5 Å². The van der Waals surface area contributed by atoms with E-state index in [1.54, 1.807) is 0 Å². The molecule has 0 aromatic heterocycles. The highest BCUT2D eigenvalue weighted by molar-refractivity contribution is 4.36. The van der Waals surface area contributed by atoms with Crippen LogP contribution in [0.4, 0.5) is 0 Å². The van der Waals surface area contributed by atoms with Gasteiger partial charge in [0, 0.05) is 13.1 Å². The van der Waals surface area contributed by atoms with Crippen LogP contribution in [-0.4, -0.2) is 44.8 Å². The number of likely N-dealkylation sites (N-methyl/N-ethyl adjacent to an activating group) is 1. The third-order valence-electron chi connectivity index (χ3n) is 1.47. The number of nitrogens with zero attached hydrogens (tertiary/aromatic N) is 1. The average molecular weight is 132 g/mol. The van der Waals surface area contributed by atoms with Crippen molar-refractivity contribution in [1.82, 2.24) is 0 Å². The molecule has 3 heteroatoms. The highest BCUT2D eigenvalue weighted by Gasteiger charge is 2.10. The first-order valence-electron chi connectivity index (χ1n) is 3.34. The summed E-state index contributed by atoms with van der Waals surface area (Å²) in [5, 5.41) is 0. The van der Waals surface area contributed by atoms with Gasteiger partial charge in [-0.05, 0) is 0 Å². The Morgan fingerprint density at radius 2 is 1.33 bits per heavy atom. The Morgan fingerprint density at radius 3 is 1.56 bits per heavy atom. The predicted octanol–water partition coefficient (Wildman–Crippen LogP) is -1.02. The predicted molar refractivity (Wildman–Crippen MR) is 40.0 cm³/mol. The minimum Gasteiger partial charge on any atom is -0.326 e. The van der Waals surface area contributed by atoms with Crippen LogP contribution in [0.15, 0.2) is 0 Å². The first kappa shape index (κ1) is 8.88. The van der Waals surface area contributed by atoms with Crippen LogP contribution in [-0.2, 0) is 0 Å². The topological polar surface area (TPSA) is 52.0 Å². The molecule has 0 radical (unpaired) electrons. The van der Waals surface area contributed by atoms with Crippen molar-refractivity contribution in [2.75, 3.05) is 40.3 Å². The van der Waals surface area contributed by atoms with Gasteiger partial charge < -0.3 is 16.0 Å². The zero-order valence-electron chi connectivity index (χ0n) is 6.43. The van der Waals surface area contributed by atoms with Crippen LogP contribution in [0.1, 0.15) is 0 Å². The molecule has 0 unspecified atom stereocenters. The SMILES string of the molecule is C[N+](C)(CCN)CCN. The van der Waals surface area contributed by atoms with Gasteiger partial charge in [0.15, 0.2) is 0 Å². The molecule has 0 saturated heterocycles. The Labute approximate surface area is 57.2 Å². The molecule has 0 bridgehead atoms. The Balaban J connectivity index is 3.43. The van der Waals surface area contributed by atoms with Crippen LogP contribution in [0, 0.1) is 0 Å². The second-order valence-corrected chi connectivity index (χ2v) is 2.96. The minimum absolute atomic E-state index is 0.743. The second kappa shape index (κ2) is 3.82. The van der Waals surface area contributed by atoms with Crippen LogP contribution in [0.3, 0.4) is 0 Å².